The van der Waals surface area contributed by atoms with Crippen molar-refractivity contribution in [3.8, 4) is 0 Å². The molecule has 0 aromatic heterocycles. The van der Waals surface area contributed by atoms with Crippen LogP contribution in [0.25, 0.3) is 0 Å². The molecule has 0 spiro atoms. The van der Waals surface area contributed by atoms with E-state index in [9.17, 15) is 4.79 Å². The quantitative estimate of drug-likeness (QED) is 0.643. The second-order valence-electron chi connectivity index (χ2n) is 3.78. The van der Waals surface area contributed by atoms with Crippen molar-refractivity contribution in [3.63, 3.8) is 0 Å². The summed E-state index contributed by atoms with van der Waals surface area (Å²) < 4.78 is 5.19. The zero-order valence-corrected chi connectivity index (χ0v) is 9.58. The average molecular weight is 201 g/mol. The Hall–Kier alpha value is -0.570. The lowest BCUT2D eigenvalue weighted by atomic mass is 10.1. The van der Waals surface area contributed by atoms with Gasteiger partial charge in [-0.1, -0.05) is 33.1 Å². The lowest BCUT2D eigenvalue weighted by Gasteiger charge is -2.15. The third kappa shape index (κ3) is 5.97. The summed E-state index contributed by atoms with van der Waals surface area (Å²) in [7, 11) is 0. The van der Waals surface area contributed by atoms with Gasteiger partial charge < -0.3 is 10.5 Å². The fraction of sp³-hybridized carbons (Fsp3) is 0.909. The molecule has 0 aromatic rings. The van der Waals surface area contributed by atoms with Crippen LogP contribution in [0.4, 0.5) is 0 Å². The molecule has 0 aliphatic rings. The molecule has 3 nitrogen and oxygen atoms in total. The molecule has 2 unspecified atom stereocenters. The van der Waals surface area contributed by atoms with E-state index in [0.717, 1.165) is 32.1 Å². The summed E-state index contributed by atoms with van der Waals surface area (Å²) in [5.41, 5.74) is 5.67. The Balaban J connectivity index is 3.71. The van der Waals surface area contributed by atoms with Gasteiger partial charge in [0, 0.05) is 0 Å². The highest BCUT2D eigenvalue weighted by atomic mass is 16.5. The fourth-order valence-corrected chi connectivity index (χ4v) is 1.29. The third-order valence-electron chi connectivity index (χ3n) is 2.18. The van der Waals surface area contributed by atoms with Gasteiger partial charge in [0.25, 0.3) is 0 Å². The summed E-state index contributed by atoms with van der Waals surface area (Å²) in [6, 6.07) is -0.436. The zero-order chi connectivity index (χ0) is 11.0. The van der Waals surface area contributed by atoms with Gasteiger partial charge in [0.05, 0.1) is 6.10 Å². The van der Waals surface area contributed by atoms with Crippen molar-refractivity contribution < 1.29 is 9.53 Å². The zero-order valence-electron chi connectivity index (χ0n) is 9.58. The molecule has 0 amide bonds. The smallest absolute Gasteiger partial charge is 0.323 e. The fourth-order valence-electron chi connectivity index (χ4n) is 1.29. The van der Waals surface area contributed by atoms with Crippen LogP contribution in [0, 0.1) is 0 Å². The van der Waals surface area contributed by atoms with Crippen LogP contribution >= 0.6 is 0 Å². The summed E-state index contributed by atoms with van der Waals surface area (Å²) in [5.74, 6) is -0.251. The molecule has 14 heavy (non-hydrogen) atoms. The number of nitrogens with two attached hydrogens (primary N) is 1. The Morgan fingerprint density at radius 2 is 1.93 bits per heavy atom. The first-order valence-corrected chi connectivity index (χ1v) is 5.57. The van der Waals surface area contributed by atoms with E-state index in [-0.39, 0.29) is 12.1 Å². The van der Waals surface area contributed by atoms with Gasteiger partial charge in [-0.3, -0.25) is 4.79 Å². The lowest BCUT2D eigenvalue weighted by Crippen LogP contribution is -2.34. The maximum Gasteiger partial charge on any atom is 0.323 e. The van der Waals surface area contributed by atoms with E-state index in [1.54, 1.807) is 0 Å². The summed E-state index contributed by atoms with van der Waals surface area (Å²) in [5, 5.41) is 0. The maximum absolute atomic E-state index is 11.4. The molecule has 0 aliphatic carbocycles. The van der Waals surface area contributed by atoms with Crippen molar-refractivity contribution in [2.24, 2.45) is 5.73 Å². The molecule has 0 saturated heterocycles. The Labute approximate surface area is 87.0 Å². The predicted molar refractivity (Wildman–Crippen MR) is 58.0 cm³/mol. The molecule has 3 heteroatoms. The molecule has 0 bridgehead atoms. The molecule has 0 saturated carbocycles. The highest BCUT2D eigenvalue weighted by Crippen LogP contribution is 2.05. The first-order valence-electron chi connectivity index (χ1n) is 5.57. The molecule has 2 N–H and O–H groups in total. The topological polar surface area (TPSA) is 52.3 Å². The van der Waals surface area contributed by atoms with Crippen molar-refractivity contribution in [2.45, 2.75) is 65.0 Å². The maximum atomic E-state index is 11.4. The second-order valence-corrected chi connectivity index (χ2v) is 3.78. The monoisotopic (exact) mass is 201 g/mol. The molecule has 84 valence electrons. The molecule has 0 aromatic carbocycles. The molecular weight excluding hydrogens is 178 g/mol. The highest BCUT2D eigenvalue weighted by Gasteiger charge is 2.16. The minimum atomic E-state index is -0.436. The summed E-state index contributed by atoms with van der Waals surface area (Å²) in [6.45, 7) is 6.06. The SMILES string of the molecule is CCCCC(N)C(=O)OC(C)CCC. The molecule has 0 radical (unpaired) electrons. The Kier molecular flexibility index (Phi) is 7.48. The molecule has 0 aliphatic heterocycles. The lowest BCUT2D eigenvalue weighted by molar-refractivity contribution is -0.150. The van der Waals surface area contributed by atoms with Gasteiger partial charge in [-0.05, 0) is 19.8 Å². The van der Waals surface area contributed by atoms with Gasteiger partial charge in [0.1, 0.15) is 6.04 Å². The standard InChI is InChI=1S/C11H23NO2/c1-4-6-8-10(12)11(13)14-9(3)7-5-2/h9-10H,4-8,12H2,1-3H3. The number of unbranched alkanes of at least 4 members (excludes halogenated alkanes) is 1. The molecule has 0 rings (SSSR count). The first kappa shape index (κ1) is 13.4. The Morgan fingerprint density at radius 3 is 2.43 bits per heavy atom. The van der Waals surface area contributed by atoms with Crippen LogP contribution in [-0.2, 0) is 9.53 Å². The third-order valence-corrected chi connectivity index (χ3v) is 2.18. The van der Waals surface area contributed by atoms with E-state index in [1.807, 2.05) is 6.92 Å². The van der Waals surface area contributed by atoms with Gasteiger partial charge in [0.15, 0.2) is 0 Å². The first-order chi connectivity index (χ1) is 6.61. The number of hydrogen-bond acceptors (Lipinski definition) is 3. The Morgan fingerprint density at radius 1 is 1.29 bits per heavy atom. The largest absolute Gasteiger partial charge is 0.462 e. The van der Waals surface area contributed by atoms with Crippen molar-refractivity contribution in [2.75, 3.05) is 0 Å². The van der Waals surface area contributed by atoms with Crippen LogP contribution in [0.2, 0.25) is 0 Å². The van der Waals surface area contributed by atoms with E-state index < -0.39 is 6.04 Å². The van der Waals surface area contributed by atoms with E-state index in [1.165, 1.54) is 0 Å². The van der Waals surface area contributed by atoms with Gasteiger partial charge in [-0.2, -0.15) is 0 Å². The van der Waals surface area contributed by atoms with Gasteiger partial charge >= 0.3 is 5.97 Å². The van der Waals surface area contributed by atoms with E-state index in [4.69, 9.17) is 10.5 Å². The molecular formula is C11H23NO2. The summed E-state index contributed by atoms with van der Waals surface area (Å²) in [4.78, 5) is 11.4. The van der Waals surface area contributed by atoms with Crippen LogP contribution in [0.5, 0.6) is 0 Å². The number of rotatable bonds is 7. The van der Waals surface area contributed by atoms with Crippen LogP contribution < -0.4 is 5.73 Å². The van der Waals surface area contributed by atoms with Crippen molar-refractivity contribution >= 4 is 5.97 Å². The average Bonchev–Trinajstić information content (AvgIpc) is 2.14. The van der Waals surface area contributed by atoms with Crippen molar-refractivity contribution in [3.05, 3.63) is 0 Å². The number of carbonyl (C=O) groups excluding carboxylic acids is 1. The van der Waals surface area contributed by atoms with E-state index in [2.05, 4.69) is 13.8 Å². The summed E-state index contributed by atoms with van der Waals surface area (Å²) in [6.07, 6.45) is 4.71. The predicted octanol–water partition coefficient (Wildman–Crippen LogP) is 2.24. The molecule has 0 fully saturated rings. The number of hydrogen-bond donors (Lipinski definition) is 1. The van der Waals surface area contributed by atoms with Gasteiger partial charge in [-0.15, -0.1) is 0 Å². The van der Waals surface area contributed by atoms with Crippen LogP contribution in [0.15, 0.2) is 0 Å². The van der Waals surface area contributed by atoms with Crippen LogP contribution in [-0.4, -0.2) is 18.1 Å². The van der Waals surface area contributed by atoms with Gasteiger partial charge in [-0.25, -0.2) is 0 Å². The van der Waals surface area contributed by atoms with E-state index >= 15 is 0 Å². The number of carbonyl (C=O) groups is 1. The second kappa shape index (κ2) is 7.80. The number of ether oxygens (including phenoxy) is 1. The molecule has 2 atom stereocenters. The van der Waals surface area contributed by atoms with Crippen LogP contribution in [0.1, 0.15) is 52.9 Å². The van der Waals surface area contributed by atoms with E-state index in [0.29, 0.717) is 0 Å². The van der Waals surface area contributed by atoms with Crippen molar-refractivity contribution in [1.82, 2.24) is 0 Å². The Bertz CT molecular complexity index is 159. The van der Waals surface area contributed by atoms with Crippen LogP contribution in [0.3, 0.4) is 0 Å². The minimum Gasteiger partial charge on any atom is -0.462 e. The van der Waals surface area contributed by atoms with Gasteiger partial charge in [0.2, 0.25) is 0 Å². The number of esters is 1. The summed E-state index contributed by atoms with van der Waals surface area (Å²) >= 11 is 0. The van der Waals surface area contributed by atoms with Crippen molar-refractivity contribution in [1.29, 1.82) is 0 Å². The molecule has 0 heterocycles. The normalized spacial score (nSPS) is 14.9. The minimum absolute atomic E-state index is 0.000163. The highest BCUT2D eigenvalue weighted by molar-refractivity contribution is 5.75.